The molecule has 1 aliphatic carbocycles. The first-order valence-electron chi connectivity index (χ1n) is 7.14. The van der Waals surface area contributed by atoms with Crippen LogP contribution < -0.4 is 10.2 Å². The maximum Gasteiger partial charge on any atom is 0.105 e. The van der Waals surface area contributed by atoms with E-state index in [0.717, 1.165) is 24.9 Å². The summed E-state index contributed by atoms with van der Waals surface area (Å²) in [7, 11) is 2.10. The predicted octanol–water partition coefficient (Wildman–Crippen LogP) is 2.87. The van der Waals surface area contributed by atoms with Gasteiger partial charge in [-0.25, -0.2) is 0 Å². The van der Waals surface area contributed by atoms with E-state index in [9.17, 15) is 0 Å². The summed E-state index contributed by atoms with van der Waals surface area (Å²) in [5.74, 6) is 0.985. The second-order valence-electron chi connectivity index (χ2n) is 5.52. The summed E-state index contributed by atoms with van der Waals surface area (Å²) < 4.78 is 5.36. The summed E-state index contributed by atoms with van der Waals surface area (Å²) in [6, 6.07) is 4.85. The molecule has 0 amide bonds. The zero-order chi connectivity index (χ0) is 13.9. The zero-order valence-electron chi connectivity index (χ0n) is 12.1. The largest absolute Gasteiger partial charge is 0.469 e. The Labute approximate surface area is 119 Å². The smallest absolute Gasteiger partial charge is 0.105 e. The van der Waals surface area contributed by atoms with Crippen molar-refractivity contribution in [1.29, 1.82) is 0 Å². The average Bonchev–Trinajstić information content (AvgIpc) is 3.21. The molecule has 2 heterocycles. The van der Waals surface area contributed by atoms with Gasteiger partial charge >= 0.3 is 0 Å². The van der Waals surface area contributed by atoms with Crippen molar-refractivity contribution < 1.29 is 4.42 Å². The van der Waals surface area contributed by atoms with E-state index < -0.39 is 0 Å². The van der Waals surface area contributed by atoms with Crippen molar-refractivity contribution in [2.45, 2.75) is 38.9 Å². The number of pyridine rings is 1. The quantitative estimate of drug-likeness (QED) is 0.877. The van der Waals surface area contributed by atoms with Gasteiger partial charge < -0.3 is 14.6 Å². The molecular formula is C16H21N3O. The summed E-state index contributed by atoms with van der Waals surface area (Å²) >= 11 is 0. The molecule has 0 radical (unpaired) electrons. The number of anilines is 1. The van der Waals surface area contributed by atoms with Crippen molar-refractivity contribution in [1.82, 2.24) is 10.3 Å². The predicted molar refractivity (Wildman–Crippen MR) is 79.7 cm³/mol. The molecule has 1 fully saturated rings. The minimum Gasteiger partial charge on any atom is -0.469 e. The van der Waals surface area contributed by atoms with Gasteiger partial charge in [-0.2, -0.15) is 0 Å². The first kappa shape index (κ1) is 13.2. The van der Waals surface area contributed by atoms with E-state index >= 15 is 0 Å². The van der Waals surface area contributed by atoms with E-state index in [1.165, 1.54) is 29.7 Å². The van der Waals surface area contributed by atoms with Crippen molar-refractivity contribution in [2.24, 2.45) is 0 Å². The third-order valence-electron chi connectivity index (χ3n) is 3.83. The van der Waals surface area contributed by atoms with Crippen LogP contribution in [0.25, 0.3) is 0 Å². The van der Waals surface area contributed by atoms with Crippen molar-refractivity contribution in [3.05, 3.63) is 47.7 Å². The number of nitrogens with one attached hydrogen (secondary N) is 1. The van der Waals surface area contributed by atoms with E-state index in [2.05, 4.69) is 28.3 Å². The lowest BCUT2D eigenvalue weighted by Gasteiger charge is -2.22. The zero-order valence-corrected chi connectivity index (χ0v) is 12.1. The van der Waals surface area contributed by atoms with Gasteiger partial charge in [-0.15, -0.1) is 0 Å². The number of aromatic nitrogens is 1. The van der Waals surface area contributed by atoms with E-state index in [-0.39, 0.29) is 0 Å². The Morgan fingerprint density at radius 1 is 1.35 bits per heavy atom. The Balaban J connectivity index is 1.72. The SMILES string of the molecule is Cc1occc1CN(C)c1cnccc1CNC1CC1. The Hall–Kier alpha value is -1.81. The minimum absolute atomic E-state index is 0.720. The van der Waals surface area contributed by atoms with E-state index in [4.69, 9.17) is 4.42 Å². The highest BCUT2D eigenvalue weighted by Crippen LogP contribution is 2.24. The van der Waals surface area contributed by atoms with Gasteiger partial charge in [0.15, 0.2) is 0 Å². The minimum atomic E-state index is 0.720. The fourth-order valence-corrected chi connectivity index (χ4v) is 2.37. The lowest BCUT2D eigenvalue weighted by molar-refractivity contribution is 0.529. The number of hydrogen-bond donors (Lipinski definition) is 1. The molecular weight excluding hydrogens is 250 g/mol. The molecule has 3 rings (SSSR count). The Bertz CT molecular complexity index is 575. The van der Waals surface area contributed by atoms with Crippen LogP contribution in [-0.4, -0.2) is 18.1 Å². The molecule has 0 aliphatic heterocycles. The van der Waals surface area contributed by atoms with Crippen LogP contribution >= 0.6 is 0 Å². The first-order chi connectivity index (χ1) is 9.74. The molecule has 2 aromatic heterocycles. The summed E-state index contributed by atoms with van der Waals surface area (Å²) in [5, 5.41) is 3.57. The monoisotopic (exact) mass is 271 g/mol. The van der Waals surface area contributed by atoms with E-state index in [1.807, 2.05) is 25.4 Å². The van der Waals surface area contributed by atoms with Gasteiger partial charge in [-0.05, 0) is 37.5 Å². The molecule has 1 N–H and O–H groups in total. The molecule has 20 heavy (non-hydrogen) atoms. The lowest BCUT2D eigenvalue weighted by Crippen LogP contribution is -2.22. The van der Waals surface area contributed by atoms with Crippen molar-refractivity contribution in [2.75, 3.05) is 11.9 Å². The van der Waals surface area contributed by atoms with Gasteiger partial charge in [-0.1, -0.05) is 0 Å². The fourth-order valence-electron chi connectivity index (χ4n) is 2.37. The summed E-state index contributed by atoms with van der Waals surface area (Å²) in [6.07, 6.45) is 8.18. The molecule has 0 unspecified atom stereocenters. The van der Waals surface area contributed by atoms with Crippen LogP contribution in [0.4, 0.5) is 5.69 Å². The van der Waals surface area contributed by atoms with Crippen LogP contribution in [0.15, 0.2) is 35.2 Å². The summed E-state index contributed by atoms with van der Waals surface area (Å²) in [5.41, 5.74) is 3.70. The highest BCUT2D eigenvalue weighted by molar-refractivity contribution is 5.51. The topological polar surface area (TPSA) is 41.3 Å². The van der Waals surface area contributed by atoms with Gasteiger partial charge in [0.1, 0.15) is 5.76 Å². The third kappa shape index (κ3) is 3.02. The second kappa shape index (κ2) is 5.67. The highest BCUT2D eigenvalue weighted by Gasteiger charge is 2.20. The number of nitrogens with zero attached hydrogens (tertiary/aromatic N) is 2. The number of aryl methyl sites for hydroxylation is 1. The molecule has 0 bridgehead atoms. The molecule has 0 aromatic carbocycles. The molecule has 1 aliphatic rings. The van der Waals surface area contributed by atoms with Gasteiger partial charge in [-0.3, -0.25) is 4.98 Å². The standard InChI is InChI=1S/C16H21N3O/c1-12-14(6-8-20-12)11-19(2)16-10-17-7-5-13(16)9-18-15-3-4-15/h5-8,10,15,18H,3-4,9,11H2,1-2H3. The first-order valence-corrected chi connectivity index (χ1v) is 7.14. The number of hydrogen-bond acceptors (Lipinski definition) is 4. The van der Waals surface area contributed by atoms with Crippen LogP contribution in [-0.2, 0) is 13.1 Å². The van der Waals surface area contributed by atoms with Gasteiger partial charge in [0.25, 0.3) is 0 Å². The number of rotatable bonds is 6. The second-order valence-corrected chi connectivity index (χ2v) is 5.52. The van der Waals surface area contributed by atoms with Crippen molar-refractivity contribution >= 4 is 5.69 Å². The maximum atomic E-state index is 5.36. The summed E-state index contributed by atoms with van der Waals surface area (Å²) in [6.45, 7) is 3.75. The Kier molecular flexibility index (Phi) is 3.74. The molecule has 0 spiro atoms. The number of furan rings is 1. The molecule has 106 valence electrons. The van der Waals surface area contributed by atoms with Crippen molar-refractivity contribution in [3.8, 4) is 0 Å². The van der Waals surface area contributed by atoms with Crippen LogP contribution in [0.3, 0.4) is 0 Å². The lowest BCUT2D eigenvalue weighted by atomic mass is 10.2. The maximum absolute atomic E-state index is 5.36. The van der Waals surface area contributed by atoms with Crippen LogP contribution in [0.5, 0.6) is 0 Å². The summed E-state index contributed by atoms with van der Waals surface area (Å²) in [4.78, 5) is 6.50. The fraction of sp³-hybridized carbons (Fsp3) is 0.438. The van der Waals surface area contributed by atoms with Gasteiger partial charge in [0, 0.05) is 37.9 Å². The van der Waals surface area contributed by atoms with Crippen molar-refractivity contribution in [3.63, 3.8) is 0 Å². The van der Waals surface area contributed by atoms with Gasteiger partial charge in [0.2, 0.25) is 0 Å². The molecule has 0 saturated heterocycles. The normalized spacial score (nSPS) is 14.5. The molecule has 2 aromatic rings. The molecule has 1 saturated carbocycles. The van der Waals surface area contributed by atoms with Crippen LogP contribution in [0.2, 0.25) is 0 Å². The van der Waals surface area contributed by atoms with E-state index in [1.54, 1.807) is 6.26 Å². The Morgan fingerprint density at radius 2 is 2.20 bits per heavy atom. The van der Waals surface area contributed by atoms with Crippen LogP contribution in [0.1, 0.15) is 29.7 Å². The molecule has 0 atom stereocenters. The molecule has 4 heteroatoms. The third-order valence-corrected chi connectivity index (χ3v) is 3.83. The van der Waals surface area contributed by atoms with E-state index in [0.29, 0.717) is 0 Å². The van der Waals surface area contributed by atoms with Crippen LogP contribution in [0, 0.1) is 6.92 Å². The Morgan fingerprint density at radius 3 is 2.90 bits per heavy atom. The molecule has 4 nitrogen and oxygen atoms in total. The van der Waals surface area contributed by atoms with Gasteiger partial charge in [0.05, 0.1) is 18.1 Å². The highest BCUT2D eigenvalue weighted by atomic mass is 16.3. The average molecular weight is 271 g/mol.